The number of hydrogen-bond acceptors (Lipinski definition) is 6. The van der Waals surface area contributed by atoms with Crippen molar-refractivity contribution in [2.45, 2.75) is 26.4 Å². The molecule has 1 heterocycles. The minimum absolute atomic E-state index is 0.148. The summed E-state index contributed by atoms with van der Waals surface area (Å²) in [7, 11) is 1.59. The van der Waals surface area contributed by atoms with Crippen molar-refractivity contribution in [2.75, 3.05) is 12.5 Å². The zero-order valence-electron chi connectivity index (χ0n) is 16.7. The Balaban J connectivity index is 1.67. The van der Waals surface area contributed by atoms with Crippen molar-refractivity contribution in [1.82, 2.24) is 9.97 Å². The van der Waals surface area contributed by atoms with Gasteiger partial charge in [0.1, 0.15) is 6.61 Å². The number of anilines is 1. The van der Waals surface area contributed by atoms with Crippen LogP contribution in [-0.2, 0) is 6.61 Å². The van der Waals surface area contributed by atoms with Crippen LogP contribution in [0.1, 0.15) is 36.6 Å². The van der Waals surface area contributed by atoms with Crippen LogP contribution in [0, 0.1) is 0 Å². The van der Waals surface area contributed by atoms with E-state index < -0.39 is 0 Å². The van der Waals surface area contributed by atoms with Crippen molar-refractivity contribution in [2.24, 2.45) is 5.10 Å². The minimum atomic E-state index is -0.219. The van der Waals surface area contributed by atoms with Gasteiger partial charge >= 0.3 is 0 Å². The van der Waals surface area contributed by atoms with Gasteiger partial charge in [0.2, 0.25) is 5.95 Å². The van der Waals surface area contributed by atoms with Crippen molar-refractivity contribution in [3.8, 4) is 11.5 Å². The fourth-order valence-corrected chi connectivity index (χ4v) is 2.61. The number of aromatic nitrogens is 2. The quantitative estimate of drug-likeness (QED) is 0.448. The highest BCUT2D eigenvalue weighted by Gasteiger charge is 2.06. The molecule has 0 saturated carbocycles. The average molecular weight is 392 g/mol. The maximum Gasteiger partial charge on any atom is 0.252 e. The molecule has 0 atom stereocenters. The first kappa shape index (κ1) is 20.1. The predicted molar refractivity (Wildman–Crippen MR) is 114 cm³/mol. The van der Waals surface area contributed by atoms with Gasteiger partial charge in [-0.15, -0.1) is 0 Å². The summed E-state index contributed by atoms with van der Waals surface area (Å²) in [6, 6.07) is 16.9. The summed E-state index contributed by atoms with van der Waals surface area (Å²) in [5.41, 5.74) is 5.13. The van der Waals surface area contributed by atoms with E-state index in [9.17, 15) is 4.79 Å². The maximum atomic E-state index is 11.7. The smallest absolute Gasteiger partial charge is 0.252 e. The van der Waals surface area contributed by atoms with Crippen molar-refractivity contribution >= 4 is 12.2 Å². The minimum Gasteiger partial charge on any atom is -0.493 e. The summed E-state index contributed by atoms with van der Waals surface area (Å²) in [5, 5.41) is 4.15. The standard InChI is InChI=1S/C22H24N4O3/c1-15(2)18-12-21(27)25-22(24-18)26-23-13-17-9-10-19(20(11-17)28-3)29-14-16-7-5-4-6-8-16/h4-13,15H,14H2,1-3H3,(H2,24,25,26,27)/b23-13-. The second-order valence-corrected chi connectivity index (χ2v) is 6.73. The van der Waals surface area contributed by atoms with Crippen LogP contribution in [0.2, 0.25) is 0 Å². The summed E-state index contributed by atoms with van der Waals surface area (Å²) < 4.78 is 11.3. The number of methoxy groups -OCH3 is 1. The average Bonchev–Trinajstić information content (AvgIpc) is 2.73. The van der Waals surface area contributed by atoms with Crippen LogP contribution in [0.4, 0.5) is 5.95 Å². The number of aromatic amines is 1. The highest BCUT2D eigenvalue weighted by Crippen LogP contribution is 2.28. The molecular formula is C22H24N4O3. The van der Waals surface area contributed by atoms with Gasteiger partial charge in [-0.25, -0.2) is 10.4 Å². The van der Waals surface area contributed by atoms with Gasteiger partial charge in [-0.3, -0.25) is 9.78 Å². The third kappa shape index (κ3) is 5.68. The Morgan fingerprint density at radius 1 is 1.14 bits per heavy atom. The Bertz CT molecular complexity index is 1030. The lowest BCUT2D eigenvalue weighted by molar-refractivity contribution is 0.284. The fraction of sp³-hybridized carbons (Fsp3) is 0.227. The number of benzene rings is 2. The molecule has 0 fully saturated rings. The molecule has 150 valence electrons. The van der Waals surface area contributed by atoms with E-state index in [1.54, 1.807) is 13.3 Å². The van der Waals surface area contributed by atoms with E-state index in [4.69, 9.17) is 9.47 Å². The van der Waals surface area contributed by atoms with E-state index in [1.807, 2.05) is 62.4 Å². The van der Waals surface area contributed by atoms with E-state index in [2.05, 4.69) is 20.5 Å². The number of H-pyrrole nitrogens is 1. The molecule has 29 heavy (non-hydrogen) atoms. The molecule has 2 aromatic carbocycles. The summed E-state index contributed by atoms with van der Waals surface area (Å²) in [5.74, 6) is 1.71. The van der Waals surface area contributed by atoms with Crippen LogP contribution < -0.4 is 20.5 Å². The van der Waals surface area contributed by atoms with Gasteiger partial charge in [-0.1, -0.05) is 44.2 Å². The van der Waals surface area contributed by atoms with Crippen LogP contribution in [0.15, 0.2) is 64.5 Å². The Labute approximate surface area is 169 Å². The summed E-state index contributed by atoms with van der Waals surface area (Å²) in [6.45, 7) is 4.41. The number of hydrazone groups is 1. The van der Waals surface area contributed by atoms with E-state index in [0.717, 1.165) is 11.1 Å². The SMILES string of the molecule is COc1cc(/C=N\Nc2nc(C(C)C)cc(=O)[nH]2)ccc1OCc1ccccc1. The fourth-order valence-electron chi connectivity index (χ4n) is 2.61. The molecule has 1 aromatic heterocycles. The Morgan fingerprint density at radius 2 is 1.93 bits per heavy atom. The lowest BCUT2D eigenvalue weighted by Gasteiger charge is -2.11. The molecule has 3 aromatic rings. The number of hydrogen-bond donors (Lipinski definition) is 2. The highest BCUT2D eigenvalue weighted by molar-refractivity contribution is 5.81. The third-order valence-corrected chi connectivity index (χ3v) is 4.16. The van der Waals surface area contributed by atoms with Gasteiger partial charge in [0.05, 0.1) is 19.0 Å². The number of nitrogens with zero attached hydrogens (tertiary/aromatic N) is 2. The van der Waals surface area contributed by atoms with Crippen LogP contribution in [0.3, 0.4) is 0 Å². The Kier molecular flexibility index (Phi) is 6.63. The Hall–Kier alpha value is -3.61. The normalized spacial score (nSPS) is 11.0. The molecule has 0 radical (unpaired) electrons. The second kappa shape index (κ2) is 9.54. The first-order chi connectivity index (χ1) is 14.0. The second-order valence-electron chi connectivity index (χ2n) is 6.73. The van der Waals surface area contributed by atoms with Gasteiger partial charge in [0.25, 0.3) is 5.56 Å². The molecule has 0 aliphatic carbocycles. The van der Waals surface area contributed by atoms with Crippen molar-refractivity contribution in [3.05, 3.63) is 81.8 Å². The van der Waals surface area contributed by atoms with Gasteiger partial charge in [-0.2, -0.15) is 5.10 Å². The largest absolute Gasteiger partial charge is 0.493 e. The summed E-state index contributed by atoms with van der Waals surface area (Å²) >= 11 is 0. The number of rotatable bonds is 8. The zero-order valence-corrected chi connectivity index (χ0v) is 16.7. The van der Waals surface area contributed by atoms with Crippen molar-refractivity contribution in [1.29, 1.82) is 0 Å². The molecule has 0 aliphatic heterocycles. The predicted octanol–water partition coefficient (Wildman–Crippen LogP) is 3.93. The van der Waals surface area contributed by atoms with Gasteiger partial charge in [-0.05, 0) is 35.2 Å². The molecule has 2 N–H and O–H groups in total. The van der Waals surface area contributed by atoms with Gasteiger partial charge in [0, 0.05) is 6.07 Å². The van der Waals surface area contributed by atoms with Crippen LogP contribution >= 0.6 is 0 Å². The number of nitrogens with one attached hydrogen (secondary N) is 2. The molecule has 0 aliphatic rings. The number of ether oxygens (including phenoxy) is 2. The molecule has 0 amide bonds. The molecule has 3 rings (SSSR count). The highest BCUT2D eigenvalue weighted by atomic mass is 16.5. The van der Waals surface area contributed by atoms with Gasteiger partial charge < -0.3 is 9.47 Å². The summed E-state index contributed by atoms with van der Waals surface area (Å²) in [4.78, 5) is 18.7. The van der Waals surface area contributed by atoms with E-state index in [1.165, 1.54) is 6.07 Å². The third-order valence-electron chi connectivity index (χ3n) is 4.16. The summed E-state index contributed by atoms with van der Waals surface area (Å²) in [6.07, 6.45) is 1.62. The van der Waals surface area contributed by atoms with E-state index in [-0.39, 0.29) is 11.5 Å². The van der Waals surface area contributed by atoms with Crippen LogP contribution in [0.5, 0.6) is 11.5 Å². The molecule has 7 heteroatoms. The maximum absolute atomic E-state index is 11.7. The van der Waals surface area contributed by atoms with Crippen LogP contribution in [-0.4, -0.2) is 23.3 Å². The first-order valence-corrected chi connectivity index (χ1v) is 9.30. The topological polar surface area (TPSA) is 88.6 Å². The van der Waals surface area contributed by atoms with Crippen LogP contribution in [0.25, 0.3) is 0 Å². The lowest BCUT2D eigenvalue weighted by atomic mass is 10.1. The zero-order chi connectivity index (χ0) is 20.6. The lowest BCUT2D eigenvalue weighted by Crippen LogP contribution is -2.12. The van der Waals surface area contributed by atoms with Crippen molar-refractivity contribution in [3.63, 3.8) is 0 Å². The molecule has 7 nitrogen and oxygen atoms in total. The molecule has 0 unspecified atom stereocenters. The molecule has 0 spiro atoms. The molecule has 0 saturated heterocycles. The monoisotopic (exact) mass is 392 g/mol. The van der Waals surface area contributed by atoms with Crippen molar-refractivity contribution < 1.29 is 9.47 Å². The molecule has 0 bridgehead atoms. The Morgan fingerprint density at radius 3 is 2.66 bits per heavy atom. The van der Waals surface area contributed by atoms with E-state index >= 15 is 0 Å². The first-order valence-electron chi connectivity index (χ1n) is 9.30. The molecular weight excluding hydrogens is 368 g/mol. The van der Waals surface area contributed by atoms with E-state index in [0.29, 0.717) is 29.7 Å². The van der Waals surface area contributed by atoms with Gasteiger partial charge in [0.15, 0.2) is 11.5 Å².